The lowest BCUT2D eigenvalue weighted by Gasteiger charge is -2.33. The van der Waals surface area contributed by atoms with E-state index in [9.17, 15) is 4.79 Å². The molecule has 1 N–H and O–H groups in total. The normalized spacial score (nSPS) is 18.7. The standard InChI is InChI=1S/C21H25ClN2O3/c1-16(27-20-10-6-5-9-19(20)22)21(25)23-13-18-15-24(11-12-26-18)14-17-7-3-2-4-8-17/h2-10,16,18H,11-15H2,1H3,(H,23,25). The zero-order chi connectivity index (χ0) is 19.1. The van der Waals surface area contributed by atoms with Gasteiger partial charge in [-0.15, -0.1) is 0 Å². The molecule has 0 radical (unpaired) electrons. The number of hydrogen-bond donors (Lipinski definition) is 1. The summed E-state index contributed by atoms with van der Waals surface area (Å²) in [5.74, 6) is 0.323. The van der Waals surface area contributed by atoms with E-state index < -0.39 is 6.10 Å². The molecule has 6 heteroatoms. The minimum absolute atomic E-state index is 0.0288. The summed E-state index contributed by atoms with van der Waals surface area (Å²) in [5, 5.41) is 3.41. The highest BCUT2D eigenvalue weighted by Crippen LogP contribution is 2.24. The molecule has 1 heterocycles. The van der Waals surface area contributed by atoms with Crippen LogP contribution in [0.25, 0.3) is 0 Å². The lowest BCUT2D eigenvalue weighted by Crippen LogP contribution is -2.48. The Bertz CT molecular complexity index is 741. The molecule has 5 nitrogen and oxygen atoms in total. The maximum atomic E-state index is 12.3. The van der Waals surface area contributed by atoms with Crippen LogP contribution in [0, 0.1) is 0 Å². The van der Waals surface area contributed by atoms with Gasteiger partial charge in [-0.3, -0.25) is 9.69 Å². The molecule has 1 aliphatic heterocycles. The molecule has 1 fully saturated rings. The molecule has 0 aromatic heterocycles. The maximum absolute atomic E-state index is 12.3. The lowest BCUT2D eigenvalue weighted by molar-refractivity contribution is -0.128. The summed E-state index contributed by atoms with van der Waals surface area (Å²) < 4.78 is 11.4. The van der Waals surface area contributed by atoms with Crippen molar-refractivity contribution in [2.24, 2.45) is 0 Å². The van der Waals surface area contributed by atoms with Gasteiger partial charge in [0.05, 0.1) is 17.7 Å². The molecule has 0 aliphatic carbocycles. The van der Waals surface area contributed by atoms with Crippen LogP contribution >= 0.6 is 11.6 Å². The Morgan fingerprint density at radius 1 is 1.26 bits per heavy atom. The molecule has 27 heavy (non-hydrogen) atoms. The fraction of sp³-hybridized carbons (Fsp3) is 0.381. The van der Waals surface area contributed by atoms with E-state index in [2.05, 4.69) is 22.3 Å². The van der Waals surface area contributed by atoms with Crippen LogP contribution in [0.5, 0.6) is 5.75 Å². The third-order valence-corrected chi connectivity index (χ3v) is 4.80. The van der Waals surface area contributed by atoms with Gasteiger partial charge >= 0.3 is 0 Å². The first kappa shape index (κ1) is 19.7. The van der Waals surface area contributed by atoms with Crippen molar-refractivity contribution in [1.82, 2.24) is 10.2 Å². The first-order chi connectivity index (χ1) is 13.1. The molecule has 1 aliphatic rings. The highest BCUT2D eigenvalue weighted by molar-refractivity contribution is 6.32. The Labute approximate surface area is 165 Å². The number of morpholine rings is 1. The van der Waals surface area contributed by atoms with Crippen LogP contribution in [0.1, 0.15) is 12.5 Å². The van der Waals surface area contributed by atoms with Crippen molar-refractivity contribution in [2.75, 3.05) is 26.2 Å². The van der Waals surface area contributed by atoms with Crippen molar-refractivity contribution < 1.29 is 14.3 Å². The molecule has 3 rings (SSSR count). The number of amides is 1. The fourth-order valence-corrected chi connectivity index (χ4v) is 3.21. The van der Waals surface area contributed by atoms with Crippen LogP contribution < -0.4 is 10.1 Å². The zero-order valence-corrected chi connectivity index (χ0v) is 16.2. The molecular formula is C21H25ClN2O3. The fourth-order valence-electron chi connectivity index (χ4n) is 3.03. The Kier molecular flexibility index (Phi) is 7.10. The minimum Gasteiger partial charge on any atom is -0.479 e. The summed E-state index contributed by atoms with van der Waals surface area (Å²) in [6.45, 7) is 5.41. The molecule has 2 aromatic rings. The van der Waals surface area contributed by atoms with E-state index in [1.807, 2.05) is 30.3 Å². The number of para-hydroxylation sites is 1. The quantitative estimate of drug-likeness (QED) is 0.791. The van der Waals surface area contributed by atoms with Gasteiger partial charge in [-0.25, -0.2) is 0 Å². The average molecular weight is 389 g/mol. The Morgan fingerprint density at radius 2 is 2.00 bits per heavy atom. The van der Waals surface area contributed by atoms with Crippen LogP contribution in [0.15, 0.2) is 54.6 Å². The predicted molar refractivity (Wildman–Crippen MR) is 106 cm³/mol. The van der Waals surface area contributed by atoms with Crippen molar-refractivity contribution in [3.05, 3.63) is 65.2 Å². The van der Waals surface area contributed by atoms with E-state index >= 15 is 0 Å². The Balaban J connectivity index is 1.44. The predicted octanol–water partition coefficient (Wildman–Crippen LogP) is 3.12. The van der Waals surface area contributed by atoms with Crippen molar-refractivity contribution in [2.45, 2.75) is 25.7 Å². The molecule has 0 saturated carbocycles. The van der Waals surface area contributed by atoms with Gasteiger partial charge in [0.1, 0.15) is 5.75 Å². The highest BCUT2D eigenvalue weighted by atomic mass is 35.5. The van der Waals surface area contributed by atoms with E-state index in [-0.39, 0.29) is 12.0 Å². The Hall–Kier alpha value is -2.08. The second kappa shape index (κ2) is 9.74. The smallest absolute Gasteiger partial charge is 0.260 e. The number of rotatable bonds is 7. The van der Waals surface area contributed by atoms with Gasteiger partial charge in [-0.05, 0) is 24.6 Å². The molecule has 0 bridgehead atoms. The number of ether oxygens (including phenoxy) is 2. The van der Waals surface area contributed by atoms with Gasteiger partial charge in [0.15, 0.2) is 6.10 Å². The number of hydrogen-bond acceptors (Lipinski definition) is 4. The summed E-state index contributed by atoms with van der Waals surface area (Å²) in [6, 6.07) is 17.5. The summed E-state index contributed by atoms with van der Waals surface area (Å²) >= 11 is 6.07. The minimum atomic E-state index is -0.631. The summed E-state index contributed by atoms with van der Waals surface area (Å²) in [6.07, 6.45) is -0.659. The van der Waals surface area contributed by atoms with Gasteiger partial charge in [0.25, 0.3) is 5.91 Å². The monoisotopic (exact) mass is 388 g/mol. The van der Waals surface area contributed by atoms with Crippen LogP contribution in [0.4, 0.5) is 0 Å². The first-order valence-electron chi connectivity index (χ1n) is 9.18. The molecular weight excluding hydrogens is 364 g/mol. The summed E-state index contributed by atoms with van der Waals surface area (Å²) in [7, 11) is 0. The average Bonchev–Trinajstić information content (AvgIpc) is 2.69. The van der Waals surface area contributed by atoms with Crippen LogP contribution in [-0.2, 0) is 16.1 Å². The zero-order valence-electron chi connectivity index (χ0n) is 15.4. The largest absolute Gasteiger partial charge is 0.479 e. The lowest BCUT2D eigenvalue weighted by atomic mass is 10.2. The number of benzene rings is 2. The van der Waals surface area contributed by atoms with E-state index in [0.29, 0.717) is 23.9 Å². The summed E-state index contributed by atoms with van der Waals surface area (Å²) in [4.78, 5) is 14.7. The van der Waals surface area contributed by atoms with Crippen molar-refractivity contribution in [3.8, 4) is 5.75 Å². The Morgan fingerprint density at radius 3 is 2.78 bits per heavy atom. The number of carbonyl (C=O) groups is 1. The van der Waals surface area contributed by atoms with E-state index in [1.54, 1.807) is 19.1 Å². The molecule has 2 atom stereocenters. The number of nitrogens with zero attached hydrogens (tertiary/aromatic N) is 1. The van der Waals surface area contributed by atoms with E-state index in [0.717, 1.165) is 19.6 Å². The third-order valence-electron chi connectivity index (χ3n) is 4.49. The highest BCUT2D eigenvalue weighted by Gasteiger charge is 2.23. The molecule has 1 amide bonds. The molecule has 2 unspecified atom stereocenters. The van der Waals surface area contributed by atoms with Crippen molar-refractivity contribution in [1.29, 1.82) is 0 Å². The van der Waals surface area contributed by atoms with Crippen molar-refractivity contribution in [3.63, 3.8) is 0 Å². The molecule has 144 valence electrons. The SMILES string of the molecule is CC(Oc1ccccc1Cl)C(=O)NCC1CN(Cc2ccccc2)CCO1. The van der Waals surface area contributed by atoms with E-state index in [4.69, 9.17) is 21.1 Å². The van der Waals surface area contributed by atoms with Gasteiger partial charge in [-0.1, -0.05) is 54.1 Å². The second-order valence-corrected chi connectivity index (χ2v) is 7.06. The molecule has 2 aromatic carbocycles. The van der Waals surface area contributed by atoms with Gasteiger partial charge in [0.2, 0.25) is 0 Å². The van der Waals surface area contributed by atoms with Gasteiger partial charge in [0, 0.05) is 26.2 Å². The first-order valence-corrected chi connectivity index (χ1v) is 9.56. The topological polar surface area (TPSA) is 50.8 Å². The second-order valence-electron chi connectivity index (χ2n) is 6.65. The maximum Gasteiger partial charge on any atom is 0.260 e. The summed E-state index contributed by atoms with van der Waals surface area (Å²) in [5.41, 5.74) is 1.28. The van der Waals surface area contributed by atoms with Crippen LogP contribution in [0.3, 0.4) is 0 Å². The number of halogens is 1. The third kappa shape index (κ3) is 5.96. The number of nitrogens with one attached hydrogen (secondary N) is 1. The number of carbonyl (C=O) groups excluding carboxylic acids is 1. The molecule has 0 spiro atoms. The molecule has 1 saturated heterocycles. The van der Waals surface area contributed by atoms with Gasteiger partial charge < -0.3 is 14.8 Å². The van der Waals surface area contributed by atoms with Crippen molar-refractivity contribution >= 4 is 17.5 Å². The van der Waals surface area contributed by atoms with E-state index in [1.165, 1.54) is 5.56 Å². The van der Waals surface area contributed by atoms with Crippen LogP contribution in [0.2, 0.25) is 5.02 Å². The van der Waals surface area contributed by atoms with Crippen LogP contribution in [-0.4, -0.2) is 49.3 Å². The van der Waals surface area contributed by atoms with Gasteiger partial charge in [-0.2, -0.15) is 0 Å².